The summed E-state index contributed by atoms with van der Waals surface area (Å²) in [6, 6.07) is 14.3. The van der Waals surface area contributed by atoms with Gasteiger partial charge in [-0.1, -0.05) is 23.5 Å². The molecule has 0 aliphatic carbocycles. The Morgan fingerprint density at radius 2 is 1.78 bits per heavy atom. The number of nitrogens with one attached hydrogen (secondary N) is 2. The first-order valence-electron chi connectivity index (χ1n) is 12.1. The normalized spacial score (nSPS) is 14.1. The number of carbonyl (C=O) groups is 1. The number of nitrogens with zero attached hydrogens (tertiary/aromatic N) is 6. The SMILES string of the molecule is CN(C)C(=O)N1CCN(Cc2ccnc(Nc3nc4ccc(NCc5ccc(F)cc5)nc4s3)c2)CC1. The van der Waals surface area contributed by atoms with Gasteiger partial charge in [-0.3, -0.25) is 4.90 Å². The van der Waals surface area contributed by atoms with Gasteiger partial charge in [-0.2, -0.15) is 0 Å². The molecular formula is C26H29FN8OS. The molecule has 11 heteroatoms. The third-order valence-electron chi connectivity index (χ3n) is 6.13. The molecule has 1 aliphatic rings. The first-order chi connectivity index (χ1) is 17.9. The van der Waals surface area contributed by atoms with E-state index < -0.39 is 0 Å². The topological polar surface area (TPSA) is 89.5 Å². The summed E-state index contributed by atoms with van der Waals surface area (Å²) in [5.41, 5.74) is 2.93. The van der Waals surface area contributed by atoms with Gasteiger partial charge in [0.05, 0.1) is 0 Å². The molecule has 1 saturated heterocycles. The number of carbonyl (C=O) groups excluding carboxylic acids is 1. The second-order valence-corrected chi connectivity index (χ2v) is 10.1. The Morgan fingerprint density at radius 3 is 2.54 bits per heavy atom. The maximum absolute atomic E-state index is 13.1. The van der Waals surface area contributed by atoms with E-state index >= 15 is 0 Å². The highest BCUT2D eigenvalue weighted by Crippen LogP contribution is 2.28. The number of hydrogen-bond donors (Lipinski definition) is 2. The lowest BCUT2D eigenvalue weighted by Gasteiger charge is -2.35. The van der Waals surface area contributed by atoms with Gasteiger partial charge < -0.3 is 20.4 Å². The number of halogens is 1. The van der Waals surface area contributed by atoms with Crippen molar-refractivity contribution < 1.29 is 9.18 Å². The van der Waals surface area contributed by atoms with Crippen molar-refractivity contribution in [1.82, 2.24) is 29.7 Å². The summed E-state index contributed by atoms with van der Waals surface area (Å²) in [5.74, 6) is 1.22. The van der Waals surface area contributed by atoms with E-state index in [1.54, 1.807) is 37.3 Å². The molecule has 5 rings (SSSR count). The van der Waals surface area contributed by atoms with Gasteiger partial charge in [-0.05, 0) is 47.5 Å². The van der Waals surface area contributed by atoms with Crippen LogP contribution in [-0.2, 0) is 13.1 Å². The molecule has 1 aromatic carbocycles. The number of hydrogen-bond acceptors (Lipinski definition) is 8. The number of urea groups is 1. The molecule has 2 amide bonds. The van der Waals surface area contributed by atoms with Crippen LogP contribution in [0.4, 0.5) is 26.0 Å². The van der Waals surface area contributed by atoms with E-state index in [9.17, 15) is 9.18 Å². The lowest BCUT2D eigenvalue weighted by atomic mass is 10.2. The smallest absolute Gasteiger partial charge is 0.319 e. The van der Waals surface area contributed by atoms with E-state index in [4.69, 9.17) is 0 Å². The van der Waals surface area contributed by atoms with Crippen molar-refractivity contribution >= 4 is 44.5 Å². The van der Waals surface area contributed by atoms with Crippen molar-refractivity contribution in [3.8, 4) is 0 Å². The monoisotopic (exact) mass is 520 g/mol. The van der Waals surface area contributed by atoms with Gasteiger partial charge in [0.25, 0.3) is 0 Å². The van der Waals surface area contributed by atoms with Crippen LogP contribution in [0.3, 0.4) is 0 Å². The highest BCUT2D eigenvalue weighted by Gasteiger charge is 2.22. The van der Waals surface area contributed by atoms with Gasteiger partial charge in [0.15, 0.2) is 5.13 Å². The fourth-order valence-corrected chi connectivity index (χ4v) is 5.00. The molecule has 0 atom stereocenters. The number of rotatable bonds is 7. The molecule has 192 valence electrons. The van der Waals surface area contributed by atoms with Gasteiger partial charge in [-0.25, -0.2) is 24.1 Å². The van der Waals surface area contributed by atoms with E-state index in [-0.39, 0.29) is 11.8 Å². The molecule has 0 bridgehead atoms. The molecule has 0 spiro atoms. The van der Waals surface area contributed by atoms with Gasteiger partial charge in [0.2, 0.25) is 0 Å². The number of fused-ring (bicyclic) bond motifs is 1. The minimum atomic E-state index is -0.246. The van der Waals surface area contributed by atoms with Crippen LogP contribution in [0.1, 0.15) is 11.1 Å². The van der Waals surface area contributed by atoms with Crippen molar-refractivity contribution in [3.05, 3.63) is 71.7 Å². The lowest BCUT2D eigenvalue weighted by Crippen LogP contribution is -2.51. The zero-order chi connectivity index (χ0) is 25.8. The van der Waals surface area contributed by atoms with Crippen LogP contribution in [0.5, 0.6) is 0 Å². The molecule has 2 N–H and O–H groups in total. The summed E-state index contributed by atoms with van der Waals surface area (Å²) in [5, 5.41) is 7.31. The van der Waals surface area contributed by atoms with E-state index in [0.29, 0.717) is 6.54 Å². The quantitative estimate of drug-likeness (QED) is 0.374. The molecular weight excluding hydrogens is 491 g/mol. The van der Waals surface area contributed by atoms with Crippen LogP contribution in [-0.4, -0.2) is 76.0 Å². The van der Waals surface area contributed by atoms with Crippen LogP contribution < -0.4 is 10.6 Å². The zero-order valence-corrected chi connectivity index (χ0v) is 21.6. The van der Waals surface area contributed by atoms with Gasteiger partial charge in [0, 0.05) is 59.6 Å². The Balaban J connectivity index is 1.18. The van der Waals surface area contributed by atoms with Crippen molar-refractivity contribution in [2.75, 3.05) is 50.9 Å². The van der Waals surface area contributed by atoms with Crippen molar-refractivity contribution in [1.29, 1.82) is 0 Å². The Morgan fingerprint density at radius 1 is 1.00 bits per heavy atom. The number of aromatic nitrogens is 3. The predicted octanol–water partition coefficient (Wildman–Crippen LogP) is 4.38. The predicted molar refractivity (Wildman–Crippen MR) is 145 cm³/mol. The van der Waals surface area contributed by atoms with E-state index in [1.807, 2.05) is 29.2 Å². The number of piperazine rings is 1. The minimum absolute atomic E-state index is 0.0659. The van der Waals surface area contributed by atoms with E-state index in [2.05, 4.69) is 30.5 Å². The van der Waals surface area contributed by atoms with Crippen molar-refractivity contribution in [3.63, 3.8) is 0 Å². The largest absolute Gasteiger partial charge is 0.366 e. The second kappa shape index (κ2) is 11.1. The van der Waals surface area contributed by atoms with Gasteiger partial charge in [-0.15, -0.1) is 0 Å². The lowest BCUT2D eigenvalue weighted by molar-refractivity contribution is 0.120. The first kappa shape index (κ1) is 24.8. The number of pyridine rings is 2. The van der Waals surface area contributed by atoms with Crippen LogP contribution >= 0.6 is 11.3 Å². The molecule has 0 radical (unpaired) electrons. The Labute approximate surface area is 219 Å². The van der Waals surface area contributed by atoms with Crippen LogP contribution in [0.25, 0.3) is 10.3 Å². The van der Waals surface area contributed by atoms with Crippen LogP contribution in [0, 0.1) is 5.82 Å². The molecule has 3 aromatic heterocycles. The Kier molecular flexibility index (Phi) is 7.42. The van der Waals surface area contributed by atoms with Crippen LogP contribution in [0.2, 0.25) is 0 Å². The number of anilines is 3. The molecule has 37 heavy (non-hydrogen) atoms. The summed E-state index contributed by atoms with van der Waals surface area (Å²) in [7, 11) is 3.57. The number of amides is 2. The molecule has 0 saturated carbocycles. The summed E-state index contributed by atoms with van der Waals surface area (Å²) in [4.78, 5) is 32.6. The molecule has 4 heterocycles. The third-order valence-corrected chi connectivity index (χ3v) is 7.01. The fraction of sp³-hybridized carbons (Fsp3) is 0.308. The summed E-state index contributed by atoms with van der Waals surface area (Å²) >= 11 is 1.46. The van der Waals surface area contributed by atoms with E-state index in [1.165, 1.54) is 23.5 Å². The van der Waals surface area contributed by atoms with Crippen molar-refractivity contribution in [2.45, 2.75) is 13.1 Å². The Hall–Kier alpha value is -3.83. The highest BCUT2D eigenvalue weighted by atomic mass is 32.1. The number of thiazole rings is 1. The standard InChI is InChI=1S/C26H29FN8OS/c1-33(2)26(36)35-13-11-34(12-14-35)17-19-9-10-28-23(15-19)32-25-30-21-7-8-22(31-24(21)37-25)29-16-18-3-5-20(27)6-4-18/h3-10,15H,11-14,16-17H2,1-2H3,(H,29,31)(H,28,30,32). The summed E-state index contributed by atoms with van der Waals surface area (Å²) in [6.45, 7) is 4.49. The number of benzene rings is 1. The van der Waals surface area contributed by atoms with E-state index in [0.717, 1.165) is 71.0 Å². The van der Waals surface area contributed by atoms with Gasteiger partial charge >= 0.3 is 6.03 Å². The maximum atomic E-state index is 13.1. The van der Waals surface area contributed by atoms with Gasteiger partial charge in [0.1, 0.15) is 27.8 Å². The average Bonchev–Trinajstić information content (AvgIpc) is 3.30. The molecule has 4 aromatic rings. The molecule has 1 fully saturated rings. The average molecular weight is 521 g/mol. The summed E-state index contributed by atoms with van der Waals surface area (Å²) < 4.78 is 13.1. The van der Waals surface area contributed by atoms with Crippen LogP contribution in [0.15, 0.2) is 54.7 Å². The maximum Gasteiger partial charge on any atom is 0.319 e. The third kappa shape index (κ3) is 6.30. The zero-order valence-electron chi connectivity index (χ0n) is 20.8. The fourth-order valence-electron chi connectivity index (χ4n) is 4.15. The summed E-state index contributed by atoms with van der Waals surface area (Å²) in [6.07, 6.45) is 1.80. The Bertz CT molecular complexity index is 1370. The minimum Gasteiger partial charge on any atom is -0.366 e. The second-order valence-electron chi connectivity index (χ2n) is 9.13. The molecule has 0 unspecified atom stereocenters. The molecule has 1 aliphatic heterocycles. The molecule has 9 nitrogen and oxygen atoms in total. The highest BCUT2D eigenvalue weighted by molar-refractivity contribution is 7.21. The first-order valence-corrected chi connectivity index (χ1v) is 12.9. The van der Waals surface area contributed by atoms with Crippen molar-refractivity contribution in [2.24, 2.45) is 0 Å².